The lowest BCUT2D eigenvalue weighted by Crippen LogP contribution is -2.30. The SMILES string of the molecule is CC(OC(=O)c1c(F)cccc1F)C(=O)Nc1ccc2ccccc2c1. The summed E-state index contributed by atoms with van der Waals surface area (Å²) in [5.41, 5.74) is -0.300. The number of esters is 1. The first-order chi connectivity index (χ1) is 12.5. The maximum Gasteiger partial charge on any atom is 0.344 e. The summed E-state index contributed by atoms with van der Waals surface area (Å²) in [7, 11) is 0. The summed E-state index contributed by atoms with van der Waals surface area (Å²) in [6.45, 7) is 1.33. The van der Waals surface area contributed by atoms with Gasteiger partial charge in [0.15, 0.2) is 6.10 Å². The fourth-order valence-electron chi connectivity index (χ4n) is 2.48. The Morgan fingerprint density at radius 2 is 1.58 bits per heavy atom. The zero-order valence-electron chi connectivity index (χ0n) is 13.8. The Labute approximate surface area is 148 Å². The maximum atomic E-state index is 13.6. The Morgan fingerprint density at radius 1 is 0.923 bits per heavy atom. The molecule has 0 saturated heterocycles. The quantitative estimate of drug-likeness (QED) is 0.710. The van der Waals surface area contributed by atoms with Gasteiger partial charge in [0.05, 0.1) is 0 Å². The monoisotopic (exact) mass is 355 g/mol. The molecule has 3 aromatic rings. The highest BCUT2D eigenvalue weighted by molar-refractivity contribution is 5.99. The van der Waals surface area contributed by atoms with E-state index >= 15 is 0 Å². The number of rotatable bonds is 4. The zero-order chi connectivity index (χ0) is 18.7. The highest BCUT2D eigenvalue weighted by atomic mass is 19.1. The molecule has 0 radical (unpaired) electrons. The van der Waals surface area contributed by atoms with E-state index in [4.69, 9.17) is 4.74 Å². The minimum Gasteiger partial charge on any atom is -0.449 e. The van der Waals surface area contributed by atoms with Crippen molar-refractivity contribution in [1.29, 1.82) is 0 Å². The Morgan fingerprint density at radius 3 is 2.27 bits per heavy atom. The standard InChI is InChI=1S/C20H15F2NO3/c1-12(26-20(25)18-16(21)7-4-8-17(18)22)19(24)23-15-10-9-13-5-2-3-6-14(13)11-15/h2-12H,1H3,(H,23,24). The minimum atomic E-state index is -1.23. The van der Waals surface area contributed by atoms with E-state index in [-0.39, 0.29) is 0 Å². The molecule has 0 bridgehead atoms. The first-order valence-electron chi connectivity index (χ1n) is 7.90. The molecule has 4 nitrogen and oxygen atoms in total. The van der Waals surface area contributed by atoms with Gasteiger partial charge in [-0.25, -0.2) is 13.6 Å². The van der Waals surface area contributed by atoms with Crippen LogP contribution in [0, 0.1) is 11.6 Å². The van der Waals surface area contributed by atoms with Gasteiger partial charge >= 0.3 is 5.97 Å². The molecule has 6 heteroatoms. The number of anilines is 1. The van der Waals surface area contributed by atoms with E-state index in [1.165, 1.54) is 6.92 Å². The average molecular weight is 355 g/mol. The fourth-order valence-corrected chi connectivity index (χ4v) is 2.48. The molecule has 132 valence electrons. The predicted octanol–water partition coefficient (Wildman–Crippen LogP) is 4.30. The van der Waals surface area contributed by atoms with Gasteiger partial charge in [0.2, 0.25) is 0 Å². The van der Waals surface area contributed by atoms with Gasteiger partial charge in [-0.15, -0.1) is 0 Å². The summed E-state index contributed by atoms with van der Waals surface area (Å²) < 4.78 is 32.1. The molecule has 0 aliphatic carbocycles. The molecule has 0 spiro atoms. The van der Waals surface area contributed by atoms with Crippen molar-refractivity contribution in [2.75, 3.05) is 5.32 Å². The van der Waals surface area contributed by atoms with Crippen molar-refractivity contribution in [2.24, 2.45) is 0 Å². The third-order valence-electron chi connectivity index (χ3n) is 3.84. The second kappa shape index (κ2) is 7.31. The molecule has 3 rings (SSSR count). The molecule has 0 heterocycles. The van der Waals surface area contributed by atoms with E-state index in [9.17, 15) is 18.4 Å². The van der Waals surface area contributed by atoms with Crippen LogP contribution in [0.3, 0.4) is 0 Å². The molecule has 1 amide bonds. The Kier molecular flexibility index (Phi) is 4.93. The van der Waals surface area contributed by atoms with E-state index in [0.29, 0.717) is 5.69 Å². The van der Waals surface area contributed by atoms with Gasteiger partial charge in [0.1, 0.15) is 17.2 Å². The molecule has 26 heavy (non-hydrogen) atoms. The zero-order valence-corrected chi connectivity index (χ0v) is 13.8. The first-order valence-corrected chi connectivity index (χ1v) is 7.90. The van der Waals surface area contributed by atoms with E-state index in [2.05, 4.69) is 5.32 Å². The smallest absolute Gasteiger partial charge is 0.344 e. The third kappa shape index (κ3) is 3.69. The number of halogens is 2. The summed E-state index contributed by atoms with van der Waals surface area (Å²) in [6.07, 6.45) is -1.23. The van der Waals surface area contributed by atoms with E-state index in [1.54, 1.807) is 12.1 Å². The summed E-state index contributed by atoms with van der Waals surface area (Å²) in [4.78, 5) is 24.2. The maximum absolute atomic E-state index is 13.6. The van der Waals surface area contributed by atoms with Crippen molar-refractivity contribution in [2.45, 2.75) is 13.0 Å². The number of ether oxygens (including phenoxy) is 1. The normalized spacial score (nSPS) is 11.8. The number of hydrogen-bond donors (Lipinski definition) is 1. The molecule has 1 N–H and O–H groups in total. The molecule has 0 fully saturated rings. The summed E-state index contributed by atoms with van der Waals surface area (Å²) in [6, 6.07) is 16.0. The number of hydrogen-bond acceptors (Lipinski definition) is 3. The van der Waals surface area contributed by atoms with Crippen LogP contribution in [0.15, 0.2) is 60.7 Å². The Bertz CT molecular complexity index is 967. The van der Waals surface area contributed by atoms with Gasteiger partial charge in [-0.2, -0.15) is 0 Å². The highest BCUT2D eigenvalue weighted by Crippen LogP contribution is 2.19. The lowest BCUT2D eigenvalue weighted by atomic mass is 10.1. The van der Waals surface area contributed by atoms with Crippen molar-refractivity contribution < 1.29 is 23.1 Å². The number of benzene rings is 3. The lowest BCUT2D eigenvalue weighted by Gasteiger charge is -2.14. The van der Waals surface area contributed by atoms with Crippen molar-refractivity contribution >= 4 is 28.3 Å². The van der Waals surface area contributed by atoms with Crippen LogP contribution in [0.4, 0.5) is 14.5 Å². The molecule has 3 aromatic carbocycles. The largest absolute Gasteiger partial charge is 0.449 e. The Hall–Kier alpha value is -3.28. The second-order valence-corrected chi connectivity index (χ2v) is 5.70. The van der Waals surface area contributed by atoms with Crippen LogP contribution in [0.5, 0.6) is 0 Å². The Balaban J connectivity index is 1.70. The van der Waals surface area contributed by atoms with Gasteiger partial charge in [-0.05, 0) is 42.0 Å². The number of fused-ring (bicyclic) bond motifs is 1. The minimum absolute atomic E-state index is 0.522. The van der Waals surface area contributed by atoms with Crippen LogP contribution in [0.2, 0.25) is 0 Å². The van der Waals surface area contributed by atoms with Crippen LogP contribution >= 0.6 is 0 Å². The van der Waals surface area contributed by atoms with Crippen molar-refractivity contribution in [1.82, 2.24) is 0 Å². The van der Waals surface area contributed by atoms with Crippen molar-refractivity contribution in [3.05, 3.63) is 77.9 Å². The van der Waals surface area contributed by atoms with Crippen LogP contribution in [0.1, 0.15) is 17.3 Å². The number of carbonyl (C=O) groups is 2. The number of carbonyl (C=O) groups excluding carboxylic acids is 2. The summed E-state index contributed by atoms with van der Waals surface area (Å²) in [5, 5.41) is 4.56. The van der Waals surface area contributed by atoms with Gasteiger partial charge < -0.3 is 10.1 Å². The van der Waals surface area contributed by atoms with E-state index in [0.717, 1.165) is 29.0 Å². The third-order valence-corrected chi connectivity index (χ3v) is 3.84. The highest BCUT2D eigenvalue weighted by Gasteiger charge is 2.24. The van der Waals surface area contributed by atoms with E-state index in [1.807, 2.05) is 30.3 Å². The summed E-state index contributed by atoms with van der Waals surface area (Å²) >= 11 is 0. The van der Waals surface area contributed by atoms with Gasteiger partial charge in [-0.1, -0.05) is 36.4 Å². The number of amides is 1. The molecular weight excluding hydrogens is 340 g/mol. The molecule has 0 aliphatic rings. The average Bonchev–Trinajstić information content (AvgIpc) is 2.61. The van der Waals surface area contributed by atoms with Crippen molar-refractivity contribution in [3.63, 3.8) is 0 Å². The molecule has 1 atom stereocenters. The topological polar surface area (TPSA) is 55.4 Å². The number of nitrogens with one attached hydrogen (secondary N) is 1. The first kappa shape index (κ1) is 17.5. The molecule has 0 saturated carbocycles. The molecule has 0 aromatic heterocycles. The van der Waals surface area contributed by atoms with Crippen LogP contribution < -0.4 is 5.32 Å². The predicted molar refractivity (Wildman–Crippen MR) is 93.8 cm³/mol. The van der Waals surface area contributed by atoms with E-state index < -0.39 is 35.2 Å². The summed E-state index contributed by atoms with van der Waals surface area (Å²) in [5.74, 6) is -3.93. The van der Waals surface area contributed by atoms with Gasteiger partial charge in [-0.3, -0.25) is 4.79 Å². The van der Waals surface area contributed by atoms with Crippen LogP contribution in [0.25, 0.3) is 10.8 Å². The van der Waals surface area contributed by atoms with Gasteiger partial charge in [0.25, 0.3) is 5.91 Å². The second-order valence-electron chi connectivity index (χ2n) is 5.70. The lowest BCUT2D eigenvalue weighted by molar-refractivity contribution is -0.123. The van der Waals surface area contributed by atoms with Gasteiger partial charge in [0, 0.05) is 5.69 Å². The molecule has 1 unspecified atom stereocenters. The molecular formula is C20H15F2NO3. The van der Waals surface area contributed by atoms with Crippen LogP contribution in [-0.4, -0.2) is 18.0 Å². The van der Waals surface area contributed by atoms with Crippen molar-refractivity contribution in [3.8, 4) is 0 Å². The molecule has 0 aliphatic heterocycles. The fraction of sp³-hybridized carbons (Fsp3) is 0.100. The van der Waals surface area contributed by atoms with Crippen LogP contribution in [-0.2, 0) is 9.53 Å².